The molecule has 1 aliphatic rings. The van der Waals surface area contributed by atoms with E-state index in [0.29, 0.717) is 19.2 Å². The molecule has 7 nitrogen and oxygen atoms in total. The van der Waals surface area contributed by atoms with Crippen molar-refractivity contribution in [1.29, 1.82) is 0 Å². The highest BCUT2D eigenvalue weighted by molar-refractivity contribution is 6.74. The van der Waals surface area contributed by atoms with E-state index in [1.807, 2.05) is 48.5 Å². The van der Waals surface area contributed by atoms with Crippen molar-refractivity contribution in [3.8, 4) is 11.5 Å². The third kappa shape index (κ3) is 10.2. The fourth-order valence-corrected chi connectivity index (χ4v) is 6.16. The lowest BCUT2D eigenvalue weighted by Gasteiger charge is -2.44. The molecular formula is C33H50O7Si2. The first kappa shape index (κ1) is 33.8. The molecule has 232 valence electrons. The van der Waals surface area contributed by atoms with E-state index in [-0.39, 0.29) is 17.2 Å². The Morgan fingerprint density at radius 3 is 2.19 bits per heavy atom. The van der Waals surface area contributed by atoms with Gasteiger partial charge in [0.05, 0.1) is 26.9 Å². The van der Waals surface area contributed by atoms with Crippen LogP contribution in [0.25, 0.3) is 0 Å². The van der Waals surface area contributed by atoms with Gasteiger partial charge in [0, 0.05) is 0 Å². The van der Waals surface area contributed by atoms with Crippen molar-refractivity contribution in [2.24, 2.45) is 0 Å². The molecular weight excluding hydrogens is 565 g/mol. The summed E-state index contributed by atoms with van der Waals surface area (Å²) in [6.45, 7) is 18.4. The van der Waals surface area contributed by atoms with Crippen molar-refractivity contribution in [2.75, 3.05) is 14.2 Å². The molecule has 9 heteroatoms. The van der Waals surface area contributed by atoms with Gasteiger partial charge < -0.3 is 32.5 Å². The van der Waals surface area contributed by atoms with Gasteiger partial charge in [-0.05, 0) is 85.7 Å². The quantitative estimate of drug-likeness (QED) is 0.121. The second-order valence-electron chi connectivity index (χ2n) is 13.1. The molecule has 0 fully saturated rings. The third-order valence-corrected chi connectivity index (χ3v) is 12.8. The molecule has 0 unspecified atom stereocenters. The molecule has 42 heavy (non-hydrogen) atoms. The lowest BCUT2D eigenvalue weighted by molar-refractivity contribution is -0.0993. The molecule has 3 rings (SSSR count). The van der Waals surface area contributed by atoms with Crippen LogP contribution in [0.3, 0.4) is 0 Å². The van der Waals surface area contributed by atoms with Crippen LogP contribution in [0.4, 0.5) is 0 Å². The van der Waals surface area contributed by atoms with E-state index < -0.39 is 22.7 Å². The summed E-state index contributed by atoms with van der Waals surface area (Å²) in [5.41, 5.74) is 2.06. The average molecular weight is 615 g/mol. The van der Waals surface area contributed by atoms with Crippen LogP contribution in [0.1, 0.15) is 38.3 Å². The lowest BCUT2D eigenvalue weighted by atomic mass is 9.98. The maximum atomic E-state index is 7.02. The summed E-state index contributed by atoms with van der Waals surface area (Å²) < 4.78 is 43.1. The maximum absolute atomic E-state index is 7.02. The fraction of sp³-hybridized carbons (Fsp3) is 0.515. The van der Waals surface area contributed by atoms with E-state index >= 15 is 0 Å². The summed E-state index contributed by atoms with van der Waals surface area (Å²) in [5, 5.41) is 0.0189. The molecule has 0 bridgehead atoms. The Labute approximate surface area is 255 Å². The van der Waals surface area contributed by atoms with Crippen molar-refractivity contribution in [3.63, 3.8) is 0 Å². The molecule has 0 saturated heterocycles. The molecule has 0 radical (unpaired) electrons. The van der Waals surface area contributed by atoms with E-state index in [2.05, 4.69) is 65.7 Å². The van der Waals surface area contributed by atoms with Gasteiger partial charge in [-0.3, -0.25) is 0 Å². The number of hydrogen-bond acceptors (Lipinski definition) is 7. The second-order valence-corrected chi connectivity index (χ2v) is 22.3. The summed E-state index contributed by atoms with van der Waals surface area (Å²) >= 11 is 0. The predicted octanol–water partition coefficient (Wildman–Crippen LogP) is 8.19. The predicted molar refractivity (Wildman–Crippen MR) is 173 cm³/mol. The topological polar surface area (TPSA) is 64.6 Å². The number of hydrogen-bond donors (Lipinski definition) is 0. The van der Waals surface area contributed by atoms with Crippen molar-refractivity contribution < 1.29 is 32.5 Å². The Balaban J connectivity index is 1.83. The van der Waals surface area contributed by atoms with Crippen LogP contribution < -0.4 is 9.47 Å². The molecule has 2 aromatic rings. The highest BCUT2D eigenvalue weighted by atomic mass is 28.4. The van der Waals surface area contributed by atoms with Crippen LogP contribution in [0.2, 0.25) is 37.8 Å². The fourth-order valence-electron chi connectivity index (χ4n) is 4.14. The highest BCUT2D eigenvalue weighted by Crippen LogP contribution is 2.40. The minimum Gasteiger partial charge on any atom is -0.518 e. The first-order valence-electron chi connectivity index (χ1n) is 14.6. The van der Waals surface area contributed by atoms with Gasteiger partial charge in [-0.25, -0.2) is 0 Å². The van der Waals surface area contributed by atoms with E-state index in [0.717, 1.165) is 29.0 Å². The zero-order valence-electron chi connectivity index (χ0n) is 27.1. The van der Waals surface area contributed by atoms with Crippen molar-refractivity contribution >= 4 is 16.6 Å². The molecule has 0 amide bonds. The first-order chi connectivity index (χ1) is 19.7. The lowest BCUT2D eigenvalue weighted by Crippen LogP contribution is -2.53. The smallest absolute Gasteiger partial charge is 0.302 e. The summed E-state index contributed by atoms with van der Waals surface area (Å²) in [4.78, 5) is 0. The van der Waals surface area contributed by atoms with Gasteiger partial charge in [0.1, 0.15) is 30.3 Å². The molecule has 0 aromatic heterocycles. The largest absolute Gasteiger partial charge is 0.518 e. The Morgan fingerprint density at radius 2 is 1.57 bits per heavy atom. The Kier molecular flexibility index (Phi) is 11.8. The SMILES string of the molecule is COc1ccc(CO/C=C(/O[C@H]2C=CC[C@H](OCc3cccc(OC)c3)[C@@H]2O[Si](C)(C)C(C)(C)C)O[Si](C)(C)C)cc1. The number of methoxy groups -OCH3 is 2. The van der Waals surface area contributed by atoms with E-state index in [9.17, 15) is 0 Å². The van der Waals surface area contributed by atoms with Crippen LogP contribution in [0.15, 0.2) is 72.9 Å². The number of benzene rings is 2. The molecule has 2 aromatic carbocycles. The van der Waals surface area contributed by atoms with Crippen molar-refractivity contribution in [1.82, 2.24) is 0 Å². The van der Waals surface area contributed by atoms with Crippen LogP contribution >= 0.6 is 0 Å². The number of ether oxygens (including phenoxy) is 5. The number of rotatable bonds is 14. The Morgan fingerprint density at radius 1 is 0.881 bits per heavy atom. The van der Waals surface area contributed by atoms with E-state index in [1.54, 1.807) is 20.5 Å². The van der Waals surface area contributed by atoms with Crippen molar-refractivity contribution in [3.05, 3.63) is 84.0 Å². The third-order valence-electron chi connectivity index (χ3n) is 7.47. The monoisotopic (exact) mass is 614 g/mol. The van der Waals surface area contributed by atoms with Crippen LogP contribution in [0.5, 0.6) is 11.5 Å². The Bertz CT molecular complexity index is 1180. The van der Waals surface area contributed by atoms with E-state index in [4.69, 9.17) is 32.5 Å². The second kappa shape index (κ2) is 14.6. The highest BCUT2D eigenvalue weighted by Gasteiger charge is 2.44. The van der Waals surface area contributed by atoms with Gasteiger partial charge in [-0.2, -0.15) is 0 Å². The molecule has 0 N–H and O–H groups in total. The maximum Gasteiger partial charge on any atom is 0.302 e. The molecule has 0 saturated carbocycles. The van der Waals surface area contributed by atoms with Crippen LogP contribution in [-0.4, -0.2) is 49.2 Å². The standard InChI is InChI=1S/C33H50O7Si2/c1-33(2,3)42(9,10)40-32-29(37-23-26-13-11-14-28(21-26)35-5)15-12-16-30(32)38-31(39-41(6,7)8)24-36-22-25-17-19-27(34-4)20-18-25/h11-14,16-21,24,29-30,32H,15,22-23H2,1-10H3/b31-24-/t29-,30-,32-/m0/s1. The molecule has 1 aliphatic carbocycles. The van der Waals surface area contributed by atoms with Crippen LogP contribution in [0, 0.1) is 0 Å². The van der Waals surface area contributed by atoms with Gasteiger partial charge in [0.25, 0.3) is 0 Å². The van der Waals surface area contributed by atoms with Crippen molar-refractivity contribution in [2.45, 2.75) is 96.5 Å². The summed E-state index contributed by atoms with van der Waals surface area (Å²) in [7, 11) is -0.875. The van der Waals surface area contributed by atoms with Gasteiger partial charge >= 0.3 is 5.95 Å². The molecule has 3 atom stereocenters. The van der Waals surface area contributed by atoms with Gasteiger partial charge in [-0.15, -0.1) is 0 Å². The summed E-state index contributed by atoms with van der Waals surface area (Å²) in [6, 6.07) is 15.7. The Hall–Kier alpha value is -2.73. The van der Waals surface area contributed by atoms with Gasteiger partial charge in [0.2, 0.25) is 8.32 Å². The summed E-state index contributed by atoms with van der Waals surface area (Å²) in [5.74, 6) is 1.97. The van der Waals surface area contributed by atoms with Gasteiger partial charge in [-0.1, -0.05) is 51.1 Å². The van der Waals surface area contributed by atoms with Crippen LogP contribution in [-0.2, 0) is 36.3 Å². The summed E-state index contributed by atoms with van der Waals surface area (Å²) in [6.07, 6.45) is 5.55. The molecule has 0 spiro atoms. The first-order valence-corrected chi connectivity index (χ1v) is 20.9. The zero-order chi connectivity index (χ0) is 31.0. The normalized spacial score (nSPS) is 19.8. The minimum atomic E-state index is -2.18. The zero-order valence-corrected chi connectivity index (χ0v) is 29.1. The minimum absolute atomic E-state index is 0.0189. The molecule has 0 heterocycles. The molecule has 0 aliphatic heterocycles. The van der Waals surface area contributed by atoms with Gasteiger partial charge in [0.15, 0.2) is 14.6 Å². The average Bonchev–Trinajstić information content (AvgIpc) is 2.92. The van der Waals surface area contributed by atoms with E-state index in [1.165, 1.54) is 0 Å².